The highest BCUT2D eigenvalue weighted by Gasteiger charge is 2.48. The van der Waals surface area contributed by atoms with Gasteiger partial charge in [0, 0.05) is 93.9 Å². The zero-order valence-corrected chi connectivity index (χ0v) is 55.4. The molecule has 0 unspecified atom stereocenters. The summed E-state index contributed by atoms with van der Waals surface area (Å²) in [5.74, 6) is -44.0. The second-order valence-corrected chi connectivity index (χ2v) is 24.3. The number of carbonyl (C=O) groups excluding carboxylic acids is 9. The molecule has 0 bridgehead atoms. The third kappa shape index (κ3) is 19.8. The van der Waals surface area contributed by atoms with Crippen molar-refractivity contribution in [3.63, 3.8) is 0 Å². The van der Waals surface area contributed by atoms with Crippen LogP contribution in [0, 0.1) is 46.5 Å². The van der Waals surface area contributed by atoms with Crippen LogP contribution in [0.3, 0.4) is 0 Å². The maximum atomic E-state index is 14.7. The molecule has 3 saturated heterocycles. The molecule has 3 fully saturated rings. The number of halogens is 25. The van der Waals surface area contributed by atoms with Gasteiger partial charge in [0.25, 0.3) is 35.5 Å². The van der Waals surface area contributed by atoms with Crippen LogP contribution in [0.4, 0.5) is 115 Å². The summed E-state index contributed by atoms with van der Waals surface area (Å²) in [5, 5.41) is -0.604. The molecule has 0 atom stereocenters. The summed E-state index contributed by atoms with van der Waals surface area (Å²) in [4.78, 5) is 112. The highest BCUT2D eigenvalue weighted by molar-refractivity contribution is 6.31. The molecule has 0 aliphatic carbocycles. The summed E-state index contributed by atoms with van der Waals surface area (Å²) < 4.78 is 321. The highest BCUT2D eigenvalue weighted by atomic mass is 35.5. The first-order valence-electron chi connectivity index (χ1n) is 30.7. The van der Waals surface area contributed by atoms with Crippen LogP contribution in [-0.2, 0) is 70.5 Å². The summed E-state index contributed by atoms with van der Waals surface area (Å²) in [6, 6.07) is 9.93. The third-order valence-electron chi connectivity index (χ3n) is 16.3. The number of benzene rings is 6. The number of hydrogen-bond acceptors (Lipinski definition) is 9. The molecule has 15 nitrogen and oxygen atoms in total. The minimum Gasteiger partial charge on any atom is -0.274 e. The topological polar surface area (TPSA) is 173 Å². The van der Waals surface area contributed by atoms with Gasteiger partial charge in [-0.05, 0) is 72.8 Å². The van der Waals surface area contributed by atoms with Crippen LogP contribution in [0.1, 0.15) is 96.7 Å². The Morgan fingerprint density at radius 2 is 0.505 bits per heavy atom. The number of urea groups is 3. The van der Waals surface area contributed by atoms with Crippen LogP contribution in [-0.4, -0.2) is 122 Å². The van der Waals surface area contributed by atoms with Crippen LogP contribution in [0.15, 0.2) is 115 Å². The summed E-state index contributed by atoms with van der Waals surface area (Å²) in [7, 11) is 0. The van der Waals surface area contributed by atoms with E-state index >= 15 is 0 Å². The lowest BCUT2D eigenvalue weighted by molar-refractivity contribution is -0.145. The van der Waals surface area contributed by atoms with E-state index in [2.05, 4.69) is 0 Å². The number of nitrogens with zero attached hydrogens (tertiary/aromatic N) is 6. The first kappa shape index (κ1) is 84.4. The molecule has 3 aliphatic heterocycles. The molecule has 0 spiro atoms. The van der Waals surface area contributed by atoms with Gasteiger partial charge >= 0.3 is 24.3 Å². The highest BCUT2D eigenvalue weighted by Crippen LogP contribution is 2.43. The van der Waals surface area contributed by atoms with Crippen molar-refractivity contribution in [1.82, 2.24) is 29.4 Å². The van der Waals surface area contributed by atoms with Gasteiger partial charge < -0.3 is 0 Å². The number of hydrogen-bond donors (Lipinski definition) is 0. The SMILES string of the molecule is O=C1CC(=O)N(CCC(F)(F)c2cccc(F)c2F)C(=O)N1CCC(F)(F)c1ccc(Cl)c(C(F)(F)F)c1.O=C1CC(=O)N(CCC(F)(F)c2cccc(F)c2F)C(=O)N1CCC(F)(F)c1ccc(Cl)cc1.O=C1CC(=O)N(CCC(F)(F)c2cccc(F)c2F)C(=O)N1CCC(F)(F)c1cccc(F)c1F. The van der Waals surface area contributed by atoms with E-state index in [9.17, 15) is 144 Å². The van der Waals surface area contributed by atoms with E-state index in [-0.39, 0.29) is 30.7 Å². The van der Waals surface area contributed by atoms with Crippen molar-refractivity contribution in [3.8, 4) is 0 Å². The Hall–Kier alpha value is -9.88. The van der Waals surface area contributed by atoms with E-state index in [0.29, 0.717) is 70.5 Å². The maximum Gasteiger partial charge on any atom is 0.417 e. The molecule has 40 heteroatoms. The fourth-order valence-corrected chi connectivity index (χ4v) is 10.9. The van der Waals surface area contributed by atoms with Gasteiger partial charge in [0.15, 0.2) is 46.5 Å². The van der Waals surface area contributed by atoms with Crippen molar-refractivity contribution in [2.45, 2.75) is 99.5 Å². The third-order valence-corrected chi connectivity index (χ3v) is 16.9. The second-order valence-electron chi connectivity index (χ2n) is 23.5. The summed E-state index contributed by atoms with van der Waals surface area (Å²) in [6.07, 6.45) is -15.7. The average molecular weight is 1590 g/mol. The van der Waals surface area contributed by atoms with E-state index in [1.165, 1.54) is 12.1 Å². The van der Waals surface area contributed by atoms with E-state index in [0.717, 1.165) is 36.4 Å². The van der Waals surface area contributed by atoms with Crippen molar-refractivity contribution in [2.24, 2.45) is 0 Å². The molecular weight excluding hydrogens is 1540 g/mol. The normalized spacial score (nSPS) is 15.4. The fraction of sp³-hybridized carbons (Fsp3) is 0.328. The molecule has 6 aromatic carbocycles. The van der Waals surface area contributed by atoms with Gasteiger partial charge in [0.1, 0.15) is 19.3 Å². The number of amides is 12. The Bertz CT molecular complexity index is 4330. The Morgan fingerprint density at radius 1 is 0.280 bits per heavy atom. The Morgan fingerprint density at radius 3 is 0.748 bits per heavy atom. The number of alkyl halides is 15. The number of carbonyl (C=O) groups is 9. The summed E-state index contributed by atoms with van der Waals surface area (Å²) in [6.45, 7) is -5.97. The van der Waals surface area contributed by atoms with Gasteiger partial charge in [0.2, 0.25) is 35.4 Å². The zero-order valence-electron chi connectivity index (χ0n) is 53.9. The number of rotatable bonds is 24. The average Bonchev–Trinajstić information content (AvgIpc) is 0.797. The predicted octanol–water partition coefficient (Wildman–Crippen LogP) is 17.0. The molecular formula is C67H49Cl2F23N6O9. The first-order valence-corrected chi connectivity index (χ1v) is 31.4. The van der Waals surface area contributed by atoms with E-state index in [4.69, 9.17) is 23.2 Å². The van der Waals surface area contributed by atoms with Crippen molar-refractivity contribution >= 4 is 76.7 Å². The molecule has 3 aliphatic rings. The Labute approximate surface area is 597 Å². The predicted molar refractivity (Wildman–Crippen MR) is 325 cm³/mol. The zero-order chi connectivity index (χ0) is 80.0. The minimum absolute atomic E-state index is 0.117. The molecule has 0 radical (unpaired) electrons. The molecule has 3 heterocycles. The van der Waals surface area contributed by atoms with Crippen molar-refractivity contribution in [1.29, 1.82) is 0 Å². The molecule has 12 amide bonds. The van der Waals surface area contributed by atoms with Crippen molar-refractivity contribution < 1.29 is 144 Å². The van der Waals surface area contributed by atoms with Gasteiger partial charge in [-0.1, -0.05) is 65.7 Å². The summed E-state index contributed by atoms with van der Waals surface area (Å²) in [5.41, 5.74) is -8.32. The standard InChI is InChI=1S/C23H16ClF9N2O3.C22H17ClF6N2O3.C22H16F8N2O3/c24-15-5-4-12(10-14(15)23(31,32)33)21(27,28)6-8-34-17(36)11-18(37)35(20(34)38)9-7-22(29,30)13-2-1-3-16(25)19(13)26;23-14-6-4-13(5-7-14)21(26,27)8-10-30-17(32)12-18(33)31(20(30)34)11-9-22(28,29)15-2-1-3-16(24)19(15)25;23-14-5-1-3-12(18(14)25)21(27,28)7-9-31-16(33)11-17(34)32(20(31)35)10-8-22(29,30)13-4-2-6-15(24)19(13)26/h1-5,10H,6-9,11H2;1-7H,8-12H2;1-6H,7-11H2. The van der Waals surface area contributed by atoms with Gasteiger partial charge in [-0.15, -0.1) is 0 Å². The van der Waals surface area contributed by atoms with Gasteiger partial charge in [0.05, 0.1) is 32.8 Å². The van der Waals surface area contributed by atoms with Crippen LogP contribution in [0.25, 0.3) is 0 Å². The van der Waals surface area contributed by atoms with Crippen LogP contribution >= 0.6 is 23.2 Å². The molecule has 0 N–H and O–H groups in total. The number of imide groups is 6. The number of barbiturate groups is 3. The lowest BCUT2D eigenvalue weighted by Gasteiger charge is -2.34. The lowest BCUT2D eigenvalue weighted by atomic mass is 10.0. The fourth-order valence-electron chi connectivity index (χ4n) is 10.5. The van der Waals surface area contributed by atoms with Crippen LogP contribution in [0.2, 0.25) is 10.0 Å². The van der Waals surface area contributed by atoms with Crippen molar-refractivity contribution in [3.05, 3.63) is 211 Å². The lowest BCUT2D eigenvalue weighted by Crippen LogP contribution is -2.56. The molecule has 6 aromatic rings. The Balaban J connectivity index is 0.000000224. The van der Waals surface area contributed by atoms with E-state index in [1.807, 2.05) is 0 Å². The first-order chi connectivity index (χ1) is 49.5. The molecule has 576 valence electrons. The van der Waals surface area contributed by atoms with Crippen LogP contribution < -0.4 is 0 Å². The molecule has 107 heavy (non-hydrogen) atoms. The maximum absolute atomic E-state index is 14.7. The Kier molecular flexibility index (Phi) is 26.1. The monoisotopic (exact) mass is 1590 g/mol. The quantitative estimate of drug-likeness (QED) is 0.0422. The molecule has 0 aromatic heterocycles. The minimum atomic E-state index is -5.04. The van der Waals surface area contributed by atoms with Crippen LogP contribution in [0.5, 0.6) is 0 Å². The largest absolute Gasteiger partial charge is 0.417 e. The van der Waals surface area contributed by atoms with Gasteiger partial charge in [-0.25, -0.2) is 102 Å². The summed E-state index contributed by atoms with van der Waals surface area (Å²) >= 11 is 11.1. The van der Waals surface area contributed by atoms with Gasteiger partial charge in [-0.3, -0.25) is 58.2 Å². The smallest absolute Gasteiger partial charge is 0.274 e. The van der Waals surface area contributed by atoms with Crippen molar-refractivity contribution in [2.75, 3.05) is 39.3 Å². The second kappa shape index (κ2) is 33.1. The van der Waals surface area contributed by atoms with Gasteiger partial charge in [-0.2, -0.15) is 13.2 Å². The molecule has 9 rings (SSSR count). The van der Waals surface area contributed by atoms with E-state index < -0.39 is 283 Å². The van der Waals surface area contributed by atoms with E-state index in [1.54, 1.807) is 0 Å². The molecule has 0 saturated carbocycles.